The third kappa shape index (κ3) is 1.92. The molecule has 0 aromatic heterocycles. The van der Waals surface area contributed by atoms with Gasteiger partial charge in [0.2, 0.25) is 0 Å². The van der Waals surface area contributed by atoms with Gasteiger partial charge >= 0.3 is 0 Å². The molecule has 1 aromatic rings. The molecule has 1 aromatic carbocycles. The Balaban J connectivity index is 3.24. The van der Waals surface area contributed by atoms with E-state index in [1.807, 2.05) is 6.07 Å². The van der Waals surface area contributed by atoms with Crippen molar-refractivity contribution in [3.63, 3.8) is 0 Å². The molecule has 3 heteroatoms. The highest BCUT2D eigenvalue weighted by Crippen LogP contribution is 2.25. The summed E-state index contributed by atoms with van der Waals surface area (Å²) in [7, 11) is 0. The first-order valence-corrected chi connectivity index (χ1v) is 4.61. The second-order valence-corrected chi connectivity index (χ2v) is 3.43. The van der Waals surface area contributed by atoms with Crippen LogP contribution >= 0.6 is 23.2 Å². The summed E-state index contributed by atoms with van der Waals surface area (Å²) in [5, 5.41) is 1.34. The fraction of sp³-hybridized carbons (Fsp3) is 0.333. The van der Waals surface area contributed by atoms with E-state index >= 15 is 0 Å². The zero-order chi connectivity index (χ0) is 9.14. The molecule has 0 atom stereocenters. The van der Waals surface area contributed by atoms with E-state index < -0.39 is 0 Å². The molecule has 0 heterocycles. The molecular formula is C9H11Cl2N. The lowest BCUT2D eigenvalue weighted by molar-refractivity contribution is 1.00. The van der Waals surface area contributed by atoms with Gasteiger partial charge in [0.05, 0.1) is 0 Å². The molecule has 0 bridgehead atoms. The van der Waals surface area contributed by atoms with Crippen molar-refractivity contribution in [3.8, 4) is 0 Å². The quantitative estimate of drug-likeness (QED) is 0.787. The van der Waals surface area contributed by atoms with Crippen LogP contribution in [0.15, 0.2) is 12.1 Å². The fourth-order valence-electron chi connectivity index (χ4n) is 1.20. The Morgan fingerprint density at radius 2 is 2.00 bits per heavy atom. The van der Waals surface area contributed by atoms with Crippen molar-refractivity contribution >= 4 is 23.2 Å². The maximum atomic E-state index is 5.95. The second-order valence-electron chi connectivity index (χ2n) is 2.58. The van der Waals surface area contributed by atoms with Gasteiger partial charge < -0.3 is 5.73 Å². The van der Waals surface area contributed by atoms with E-state index in [4.69, 9.17) is 28.9 Å². The van der Waals surface area contributed by atoms with Crippen molar-refractivity contribution in [3.05, 3.63) is 33.3 Å². The maximum absolute atomic E-state index is 5.95. The van der Waals surface area contributed by atoms with Crippen LogP contribution in [0, 0.1) is 0 Å². The van der Waals surface area contributed by atoms with Crippen molar-refractivity contribution in [2.45, 2.75) is 19.9 Å². The van der Waals surface area contributed by atoms with Crippen molar-refractivity contribution in [2.75, 3.05) is 0 Å². The first-order chi connectivity index (χ1) is 5.69. The lowest BCUT2D eigenvalue weighted by Crippen LogP contribution is -2.01. The molecule has 0 saturated carbocycles. The minimum atomic E-state index is 0.471. The lowest BCUT2D eigenvalue weighted by atomic mass is 10.1. The number of hydrogen-bond donors (Lipinski definition) is 1. The van der Waals surface area contributed by atoms with Crippen LogP contribution in [0.3, 0.4) is 0 Å². The summed E-state index contributed by atoms with van der Waals surface area (Å²) in [5.41, 5.74) is 7.69. The number of benzene rings is 1. The monoisotopic (exact) mass is 203 g/mol. The highest BCUT2D eigenvalue weighted by atomic mass is 35.5. The Morgan fingerprint density at radius 1 is 1.33 bits per heavy atom. The third-order valence-electron chi connectivity index (χ3n) is 1.84. The van der Waals surface area contributed by atoms with Crippen molar-refractivity contribution < 1.29 is 0 Å². The molecule has 0 aliphatic carbocycles. The minimum Gasteiger partial charge on any atom is -0.326 e. The van der Waals surface area contributed by atoms with Gasteiger partial charge in [-0.2, -0.15) is 0 Å². The minimum absolute atomic E-state index is 0.471. The fourth-order valence-corrected chi connectivity index (χ4v) is 1.81. The molecule has 66 valence electrons. The molecule has 1 nitrogen and oxygen atoms in total. The van der Waals surface area contributed by atoms with Gasteiger partial charge in [0, 0.05) is 16.6 Å². The Morgan fingerprint density at radius 3 is 2.50 bits per heavy atom. The largest absolute Gasteiger partial charge is 0.326 e. The number of halogens is 2. The molecule has 0 amide bonds. The van der Waals surface area contributed by atoms with Gasteiger partial charge in [-0.25, -0.2) is 0 Å². The van der Waals surface area contributed by atoms with E-state index in [-0.39, 0.29) is 0 Å². The Bertz CT molecular complexity index is 284. The van der Waals surface area contributed by atoms with Crippen LogP contribution in [0.2, 0.25) is 10.0 Å². The van der Waals surface area contributed by atoms with Gasteiger partial charge in [-0.1, -0.05) is 30.1 Å². The Kier molecular flexibility index (Phi) is 3.39. The second kappa shape index (κ2) is 4.13. The van der Waals surface area contributed by atoms with Gasteiger partial charge in [0.1, 0.15) is 0 Å². The summed E-state index contributed by atoms with van der Waals surface area (Å²) in [4.78, 5) is 0. The van der Waals surface area contributed by atoms with Crippen LogP contribution in [-0.4, -0.2) is 0 Å². The molecule has 1 rings (SSSR count). The van der Waals surface area contributed by atoms with Crippen LogP contribution in [0.25, 0.3) is 0 Å². The molecule has 0 radical (unpaired) electrons. The molecule has 0 aliphatic rings. The maximum Gasteiger partial charge on any atom is 0.0468 e. The molecule has 12 heavy (non-hydrogen) atoms. The highest BCUT2D eigenvalue weighted by Gasteiger charge is 2.05. The van der Waals surface area contributed by atoms with Crippen molar-refractivity contribution in [1.29, 1.82) is 0 Å². The van der Waals surface area contributed by atoms with Crippen LogP contribution in [0.4, 0.5) is 0 Å². The zero-order valence-corrected chi connectivity index (χ0v) is 8.41. The predicted octanol–water partition coefficient (Wildman–Crippen LogP) is 3.01. The van der Waals surface area contributed by atoms with E-state index in [1.165, 1.54) is 0 Å². The van der Waals surface area contributed by atoms with Crippen LogP contribution < -0.4 is 5.73 Å². The van der Waals surface area contributed by atoms with E-state index in [1.54, 1.807) is 6.07 Å². The predicted molar refractivity (Wildman–Crippen MR) is 53.7 cm³/mol. The first-order valence-electron chi connectivity index (χ1n) is 3.86. The summed E-state index contributed by atoms with van der Waals surface area (Å²) in [6.07, 6.45) is 0.910. The van der Waals surface area contributed by atoms with Gasteiger partial charge in [-0.05, 0) is 29.7 Å². The van der Waals surface area contributed by atoms with Gasteiger partial charge in [-0.15, -0.1) is 0 Å². The molecule has 0 saturated heterocycles. The smallest absolute Gasteiger partial charge is 0.0468 e. The average Bonchev–Trinajstić information content (AvgIpc) is 2.03. The standard InChI is InChI=1S/C9H11Cl2N/c1-2-6-3-7(10)4-9(11)8(6)5-12/h3-4H,2,5,12H2,1H3. The Hall–Kier alpha value is -0.240. The lowest BCUT2D eigenvalue weighted by Gasteiger charge is -2.07. The van der Waals surface area contributed by atoms with Gasteiger partial charge in [0.25, 0.3) is 0 Å². The normalized spacial score (nSPS) is 10.3. The summed E-state index contributed by atoms with van der Waals surface area (Å²) in [6.45, 7) is 2.53. The zero-order valence-electron chi connectivity index (χ0n) is 6.90. The van der Waals surface area contributed by atoms with E-state index in [0.29, 0.717) is 16.6 Å². The van der Waals surface area contributed by atoms with E-state index in [0.717, 1.165) is 17.5 Å². The summed E-state index contributed by atoms with van der Waals surface area (Å²) < 4.78 is 0. The van der Waals surface area contributed by atoms with Crippen LogP contribution in [0.5, 0.6) is 0 Å². The summed E-state index contributed by atoms with van der Waals surface area (Å²) >= 11 is 11.8. The van der Waals surface area contributed by atoms with E-state index in [9.17, 15) is 0 Å². The summed E-state index contributed by atoms with van der Waals surface area (Å²) in [5.74, 6) is 0. The number of nitrogens with two attached hydrogens (primary N) is 1. The Labute approximate surface area is 82.5 Å². The molecular weight excluding hydrogens is 193 g/mol. The number of rotatable bonds is 2. The van der Waals surface area contributed by atoms with Gasteiger partial charge in [0.15, 0.2) is 0 Å². The molecule has 0 spiro atoms. The molecule has 0 unspecified atom stereocenters. The number of aryl methyl sites for hydroxylation is 1. The molecule has 2 N–H and O–H groups in total. The van der Waals surface area contributed by atoms with E-state index in [2.05, 4.69) is 6.92 Å². The first kappa shape index (κ1) is 9.85. The SMILES string of the molecule is CCc1cc(Cl)cc(Cl)c1CN. The van der Waals surface area contributed by atoms with Gasteiger partial charge in [-0.3, -0.25) is 0 Å². The van der Waals surface area contributed by atoms with Crippen molar-refractivity contribution in [2.24, 2.45) is 5.73 Å². The average molecular weight is 204 g/mol. The highest BCUT2D eigenvalue weighted by molar-refractivity contribution is 6.35. The van der Waals surface area contributed by atoms with Crippen LogP contribution in [-0.2, 0) is 13.0 Å². The molecule has 0 aliphatic heterocycles. The number of hydrogen-bond acceptors (Lipinski definition) is 1. The third-order valence-corrected chi connectivity index (χ3v) is 2.39. The summed E-state index contributed by atoms with van der Waals surface area (Å²) in [6, 6.07) is 3.64. The molecule has 0 fully saturated rings. The topological polar surface area (TPSA) is 26.0 Å². The van der Waals surface area contributed by atoms with Crippen LogP contribution in [0.1, 0.15) is 18.1 Å². The van der Waals surface area contributed by atoms with Crippen molar-refractivity contribution in [1.82, 2.24) is 0 Å².